The number of ketones is 1. The van der Waals surface area contributed by atoms with Crippen molar-refractivity contribution in [3.63, 3.8) is 0 Å². The van der Waals surface area contributed by atoms with E-state index in [1.165, 1.54) is 0 Å². The van der Waals surface area contributed by atoms with Gasteiger partial charge in [0.25, 0.3) is 0 Å². The minimum Gasteiger partial charge on any atom is -0.366 e. The van der Waals surface area contributed by atoms with Crippen LogP contribution >= 0.6 is 11.6 Å². The molecule has 1 fully saturated rings. The highest BCUT2D eigenvalue weighted by Crippen LogP contribution is 2.30. The van der Waals surface area contributed by atoms with Gasteiger partial charge in [-0.15, -0.1) is 0 Å². The molecule has 0 spiro atoms. The molecule has 5 nitrogen and oxygen atoms in total. The summed E-state index contributed by atoms with van der Waals surface area (Å²) in [4.78, 5) is 39.3. The molecule has 1 aliphatic heterocycles. The highest BCUT2D eigenvalue weighted by Gasteiger charge is 2.31. The molecule has 168 valence electrons. The Labute approximate surface area is 198 Å². The highest BCUT2D eigenvalue weighted by atomic mass is 35.5. The summed E-state index contributed by atoms with van der Waals surface area (Å²) in [7, 11) is 0. The van der Waals surface area contributed by atoms with Crippen molar-refractivity contribution >= 4 is 34.9 Å². The van der Waals surface area contributed by atoms with Gasteiger partial charge in [0, 0.05) is 41.6 Å². The van der Waals surface area contributed by atoms with Crippen molar-refractivity contribution in [3.8, 4) is 11.1 Å². The average molecular weight is 461 g/mol. The fourth-order valence-electron chi connectivity index (χ4n) is 4.34. The molecular formula is C27H25ClN2O3. The Hall–Kier alpha value is -3.44. The van der Waals surface area contributed by atoms with Gasteiger partial charge in [0.15, 0.2) is 0 Å². The Bertz CT molecular complexity index is 1170. The molecule has 33 heavy (non-hydrogen) atoms. The standard InChI is InChI=1S/C27H25ClN2O3/c28-21-11-7-18(8-12-21)16-23(31)17-20-4-3-15-30(27(20)33)22-13-9-19(10-14-22)24-5-1-2-6-25(24)26(29)32/h1-2,5-14,20H,3-4,15-17H2,(H2,29,32)/t20-/m1/s1. The summed E-state index contributed by atoms with van der Waals surface area (Å²) >= 11 is 5.91. The summed E-state index contributed by atoms with van der Waals surface area (Å²) < 4.78 is 0. The fraction of sp³-hybridized carbons (Fsp3) is 0.222. The molecule has 1 heterocycles. The summed E-state index contributed by atoms with van der Waals surface area (Å²) in [5, 5.41) is 0.633. The maximum Gasteiger partial charge on any atom is 0.249 e. The van der Waals surface area contributed by atoms with Gasteiger partial charge in [-0.25, -0.2) is 0 Å². The molecule has 1 saturated heterocycles. The molecule has 0 saturated carbocycles. The van der Waals surface area contributed by atoms with E-state index in [4.69, 9.17) is 17.3 Å². The molecule has 0 unspecified atom stereocenters. The first kappa shape index (κ1) is 22.7. The zero-order valence-corrected chi connectivity index (χ0v) is 18.9. The minimum atomic E-state index is -0.480. The second-order valence-corrected chi connectivity index (χ2v) is 8.77. The number of anilines is 1. The molecule has 2 N–H and O–H groups in total. The van der Waals surface area contributed by atoms with Crippen molar-refractivity contribution in [2.45, 2.75) is 25.7 Å². The van der Waals surface area contributed by atoms with Crippen molar-refractivity contribution in [2.24, 2.45) is 11.7 Å². The fourth-order valence-corrected chi connectivity index (χ4v) is 4.47. The van der Waals surface area contributed by atoms with E-state index in [0.29, 0.717) is 30.0 Å². The van der Waals surface area contributed by atoms with Crippen molar-refractivity contribution in [1.82, 2.24) is 0 Å². The smallest absolute Gasteiger partial charge is 0.249 e. The maximum absolute atomic E-state index is 13.2. The van der Waals surface area contributed by atoms with Gasteiger partial charge in [-0.2, -0.15) is 0 Å². The van der Waals surface area contributed by atoms with Gasteiger partial charge in [0.05, 0.1) is 0 Å². The Morgan fingerprint density at radius 2 is 1.67 bits per heavy atom. The molecule has 0 radical (unpaired) electrons. The number of amides is 2. The predicted octanol–water partition coefficient (Wildman–Crippen LogP) is 5.05. The number of hydrogen-bond acceptors (Lipinski definition) is 3. The molecule has 0 aromatic heterocycles. The van der Waals surface area contributed by atoms with E-state index in [1.54, 1.807) is 29.2 Å². The second-order valence-electron chi connectivity index (χ2n) is 8.33. The first-order valence-electron chi connectivity index (χ1n) is 11.0. The van der Waals surface area contributed by atoms with Crippen molar-refractivity contribution < 1.29 is 14.4 Å². The molecule has 1 aliphatic rings. The number of primary amides is 1. The van der Waals surface area contributed by atoms with Crippen molar-refractivity contribution in [2.75, 3.05) is 11.4 Å². The summed E-state index contributed by atoms with van der Waals surface area (Å²) in [6, 6.07) is 21.9. The first-order valence-corrected chi connectivity index (χ1v) is 11.4. The van der Waals surface area contributed by atoms with Crippen LogP contribution in [0, 0.1) is 5.92 Å². The maximum atomic E-state index is 13.2. The van der Waals surface area contributed by atoms with Gasteiger partial charge in [-0.05, 0) is 59.9 Å². The molecule has 0 aliphatic carbocycles. The lowest BCUT2D eigenvalue weighted by molar-refractivity contribution is -0.128. The summed E-state index contributed by atoms with van der Waals surface area (Å²) in [5.41, 5.74) is 9.26. The number of piperidine rings is 1. The van der Waals surface area contributed by atoms with Crippen LogP contribution in [0.3, 0.4) is 0 Å². The zero-order chi connectivity index (χ0) is 23.4. The molecule has 3 aromatic rings. The Morgan fingerprint density at radius 3 is 2.36 bits per heavy atom. The summed E-state index contributed by atoms with van der Waals surface area (Å²) in [5.74, 6) is -0.757. The third kappa shape index (κ3) is 5.32. The van der Waals surface area contributed by atoms with Crippen LogP contribution in [-0.4, -0.2) is 24.1 Å². The SMILES string of the molecule is NC(=O)c1ccccc1-c1ccc(N2CCC[C@H](CC(=O)Cc3ccc(Cl)cc3)C2=O)cc1. The number of rotatable bonds is 7. The Morgan fingerprint density at radius 1 is 0.970 bits per heavy atom. The lowest BCUT2D eigenvalue weighted by Gasteiger charge is -2.32. The van der Waals surface area contributed by atoms with Crippen molar-refractivity contribution in [1.29, 1.82) is 0 Å². The van der Waals surface area contributed by atoms with E-state index < -0.39 is 5.91 Å². The van der Waals surface area contributed by atoms with Crippen LogP contribution in [0.25, 0.3) is 11.1 Å². The number of nitrogens with zero attached hydrogens (tertiary/aromatic N) is 1. The van der Waals surface area contributed by atoms with E-state index in [2.05, 4.69) is 0 Å². The van der Waals surface area contributed by atoms with Crippen LogP contribution < -0.4 is 10.6 Å². The molecule has 2 amide bonds. The summed E-state index contributed by atoms with van der Waals surface area (Å²) in [6.07, 6.45) is 2.10. The first-order chi connectivity index (χ1) is 15.9. The predicted molar refractivity (Wildman–Crippen MR) is 130 cm³/mol. The number of carbonyl (C=O) groups excluding carboxylic acids is 3. The van der Waals surface area contributed by atoms with Gasteiger partial charge in [-0.3, -0.25) is 14.4 Å². The van der Waals surface area contributed by atoms with E-state index in [9.17, 15) is 14.4 Å². The monoisotopic (exact) mass is 460 g/mol. The van der Waals surface area contributed by atoms with Gasteiger partial charge >= 0.3 is 0 Å². The second kappa shape index (κ2) is 10.0. The highest BCUT2D eigenvalue weighted by molar-refractivity contribution is 6.30. The molecular weight excluding hydrogens is 436 g/mol. The number of Topliss-reactive ketones (excluding diaryl/α,β-unsaturated/α-hetero) is 1. The van der Waals surface area contributed by atoms with E-state index in [0.717, 1.165) is 28.8 Å². The molecule has 0 bridgehead atoms. The van der Waals surface area contributed by atoms with Gasteiger partial charge in [0.2, 0.25) is 11.8 Å². The van der Waals surface area contributed by atoms with Crippen LogP contribution in [-0.2, 0) is 16.0 Å². The van der Waals surface area contributed by atoms with Crippen LogP contribution in [0.15, 0.2) is 72.8 Å². The number of benzene rings is 3. The number of nitrogens with two attached hydrogens (primary N) is 1. The Kier molecular flexibility index (Phi) is 6.90. The normalized spacial score (nSPS) is 16.0. The quantitative estimate of drug-likeness (QED) is 0.535. The lowest BCUT2D eigenvalue weighted by atomic mass is 9.90. The third-order valence-corrected chi connectivity index (χ3v) is 6.27. The number of hydrogen-bond donors (Lipinski definition) is 1. The molecule has 6 heteroatoms. The van der Waals surface area contributed by atoms with Gasteiger partial charge < -0.3 is 10.6 Å². The van der Waals surface area contributed by atoms with E-state index in [1.807, 2.05) is 48.5 Å². The van der Waals surface area contributed by atoms with Gasteiger partial charge in [-0.1, -0.05) is 54.1 Å². The minimum absolute atomic E-state index is 0.0176. The van der Waals surface area contributed by atoms with E-state index in [-0.39, 0.29) is 24.0 Å². The number of carbonyl (C=O) groups is 3. The largest absolute Gasteiger partial charge is 0.366 e. The summed E-state index contributed by atoms with van der Waals surface area (Å²) in [6.45, 7) is 0.623. The van der Waals surface area contributed by atoms with Crippen LogP contribution in [0.2, 0.25) is 5.02 Å². The average Bonchev–Trinajstić information content (AvgIpc) is 2.82. The van der Waals surface area contributed by atoms with Crippen LogP contribution in [0.1, 0.15) is 35.2 Å². The van der Waals surface area contributed by atoms with Gasteiger partial charge in [0.1, 0.15) is 5.78 Å². The molecule has 3 aromatic carbocycles. The Balaban J connectivity index is 1.45. The van der Waals surface area contributed by atoms with Crippen LogP contribution in [0.4, 0.5) is 5.69 Å². The van der Waals surface area contributed by atoms with Crippen molar-refractivity contribution in [3.05, 3.63) is 88.9 Å². The topological polar surface area (TPSA) is 80.5 Å². The lowest BCUT2D eigenvalue weighted by Crippen LogP contribution is -2.42. The molecule has 1 atom stereocenters. The third-order valence-electron chi connectivity index (χ3n) is 6.02. The molecule has 4 rings (SSSR count). The van der Waals surface area contributed by atoms with Crippen LogP contribution in [0.5, 0.6) is 0 Å². The van der Waals surface area contributed by atoms with E-state index >= 15 is 0 Å². The zero-order valence-electron chi connectivity index (χ0n) is 18.2. The number of halogens is 1.